The van der Waals surface area contributed by atoms with E-state index in [9.17, 15) is 4.79 Å². The number of nitrogens with zero attached hydrogens (tertiary/aromatic N) is 1. The molecule has 2 heterocycles. The molecule has 3 N–H and O–H groups in total. The van der Waals surface area contributed by atoms with E-state index in [1.807, 2.05) is 24.3 Å². The minimum Gasteiger partial charge on any atom is -0.497 e. The lowest BCUT2D eigenvalue weighted by Gasteiger charge is -2.43. The van der Waals surface area contributed by atoms with Gasteiger partial charge in [-0.05, 0) is 44.4 Å². The number of nitrogens with one attached hydrogen (secondary N) is 1. The maximum absolute atomic E-state index is 12.1. The molecule has 2 unspecified atom stereocenters. The number of carbonyl (C=O) groups excluding carboxylic acids is 1. The van der Waals surface area contributed by atoms with E-state index in [0.29, 0.717) is 6.04 Å². The van der Waals surface area contributed by atoms with Gasteiger partial charge in [-0.15, -0.1) is 0 Å². The Morgan fingerprint density at radius 1 is 1.48 bits per heavy atom. The standard InChI is InChI=1S/C16H23N3O2/c1-21-14-6-2-4-12(10-14)18-16(15(17)20)7-9-19-8-3-5-13(19)11-16/h2,4,6,10,13,18H,3,5,7-9,11H2,1H3,(H2,17,20). The Morgan fingerprint density at radius 2 is 2.33 bits per heavy atom. The van der Waals surface area contributed by atoms with Crippen LogP contribution in [0.5, 0.6) is 5.75 Å². The number of methoxy groups -OCH3 is 1. The number of carbonyl (C=O) groups is 1. The van der Waals surface area contributed by atoms with Crippen molar-refractivity contribution in [1.82, 2.24) is 4.90 Å². The van der Waals surface area contributed by atoms with Crippen molar-refractivity contribution >= 4 is 11.6 Å². The lowest BCUT2D eigenvalue weighted by molar-refractivity contribution is -0.124. The smallest absolute Gasteiger partial charge is 0.243 e. The Labute approximate surface area is 125 Å². The molecule has 0 bridgehead atoms. The van der Waals surface area contributed by atoms with Crippen LogP contribution in [-0.2, 0) is 4.79 Å². The van der Waals surface area contributed by atoms with Gasteiger partial charge in [-0.25, -0.2) is 0 Å². The number of piperidine rings is 1. The highest BCUT2D eigenvalue weighted by molar-refractivity contribution is 5.88. The first-order valence-corrected chi connectivity index (χ1v) is 7.59. The molecule has 21 heavy (non-hydrogen) atoms. The van der Waals surface area contributed by atoms with E-state index >= 15 is 0 Å². The topological polar surface area (TPSA) is 67.6 Å². The number of anilines is 1. The van der Waals surface area contributed by atoms with Crippen LogP contribution in [0.4, 0.5) is 5.69 Å². The molecule has 2 aliphatic heterocycles. The first-order chi connectivity index (χ1) is 10.1. The third kappa shape index (κ3) is 2.70. The second kappa shape index (κ2) is 5.56. The van der Waals surface area contributed by atoms with Crippen molar-refractivity contribution in [3.05, 3.63) is 24.3 Å². The summed E-state index contributed by atoms with van der Waals surface area (Å²) in [4.78, 5) is 14.6. The van der Waals surface area contributed by atoms with Gasteiger partial charge < -0.3 is 20.7 Å². The molecule has 114 valence electrons. The molecular weight excluding hydrogens is 266 g/mol. The van der Waals surface area contributed by atoms with Crippen molar-refractivity contribution in [2.75, 3.05) is 25.5 Å². The van der Waals surface area contributed by atoms with Crippen LogP contribution < -0.4 is 15.8 Å². The molecule has 2 fully saturated rings. The fourth-order valence-corrected chi connectivity index (χ4v) is 3.64. The predicted octanol–water partition coefficient (Wildman–Crippen LogP) is 1.59. The van der Waals surface area contributed by atoms with Gasteiger partial charge in [0.05, 0.1) is 7.11 Å². The van der Waals surface area contributed by atoms with E-state index in [-0.39, 0.29) is 5.91 Å². The molecule has 0 aromatic heterocycles. The lowest BCUT2D eigenvalue weighted by Crippen LogP contribution is -2.59. The van der Waals surface area contributed by atoms with Crippen LogP contribution >= 0.6 is 0 Å². The molecule has 3 rings (SSSR count). The molecule has 1 aromatic rings. The Morgan fingerprint density at radius 3 is 3.10 bits per heavy atom. The molecule has 2 aliphatic rings. The number of amides is 1. The quantitative estimate of drug-likeness (QED) is 0.883. The molecule has 0 radical (unpaired) electrons. The Hall–Kier alpha value is -1.75. The highest BCUT2D eigenvalue weighted by Gasteiger charge is 2.45. The summed E-state index contributed by atoms with van der Waals surface area (Å²) in [5.74, 6) is 0.523. The molecule has 0 aliphatic carbocycles. The summed E-state index contributed by atoms with van der Waals surface area (Å²) in [6, 6.07) is 8.15. The summed E-state index contributed by atoms with van der Waals surface area (Å²) in [6.07, 6.45) is 3.93. The number of hydrogen-bond donors (Lipinski definition) is 2. The number of primary amides is 1. The van der Waals surface area contributed by atoms with E-state index in [2.05, 4.69) is 10.2 Å². The molecule has 0 spiro atoms. The first kappa shape index (κ1) is 14.2. The van der Waals surface area contributed by atoms with E-state index < -0.39 is 5.54 Å². The zero-order valence-corrected chi connectivity index (χ0v) is 12.5. The van der Waals surface area contributed by atoms with Crippen molar-refractivity contribution < 1.29 is 9.53 Å². The van der Waals surface area contributed by atoms with Gasteiger partial charge >= 0.3 is 0 Å². The van der Waals surface area contributed by atoms with Gasteiger partial charge in [0.25, 0.3) is 0 Å². The summed E-state index contributed by atoms with van der Waals surface area (Å²) in [5.41, 5.74) is 6.00. The van der Waals surface area contributed by atoms with E-state index in [0.717, 1.165) is 43.8 Å². The number of nitrogens with two attached hydrogens (primary N) is 1. The van der Waals surface area contributed by atoms with Gasteiger partial charge in [-0.2, -0.15) is 0 Å². The monoisotopic (exact) mass is 289 g/mol. The molecule has 1 amide bonds. The first-order valence-electron chi connectivity index (χ1n) is 7.59. The largest absolute Gasteiger partial charge is 0.497 e. The highest BCUT2D eigenvalue weighted by Crippen LogP contribution is 2.35. The Balaban J connectivity index is 1.82. The minimum atomic E-state index is -0.641. The van der Waals surface area contributed by atoms with Crippen LogP contribution in [0.1, 0.15) is 25.7 Å². The maximum atomic E-state index is 12.1. The molecule has 1 aromatic carbocycles. The number of rotatable bonds is 4. The van der Waals surface area contributed by atoms with Gasteiger partial charge in [0, 0.05) is 24.3 Å². The summed E-state index contributed by atoms with van der Waals surface area (Å²) < 4.78 is 5.24. The normalized spacial score (nSPS) is 28.9. The lowest BCUT2D eigenvalue weighted by atomic mass is 9.82. The summed E-state index contributed by atoms with van der Waals surface area (Å²) in [5, 5.41) is 3.40. The second-order valence-corrected chi connectivity index (χ2v) is 6.09. The maximum Gasteiger partial charge on any atom is 0.243 e. The van der Waals surface area contributed by atoms with Crippen molar-refractivity contribution in [2.45, 2.75) is 37.3 Å². The van der Waals surface area contributed by atoms with E-state index in [1.165, 1.54) is 6.42 Å². The van der Waals surface area contributed by atoms with Crippen LogP contribution in [0.3, 0.4) is 0 Å². The second-order valence-electron chi connectivity index (χ2n) is 6.09. The van der Waals surface area contributed by atoms with E-state index in [4.69, 9.17) is 10.5 Å². The third-order valence-electron chi connectivity index (χ3n) is 4.83. The fourth-order valence-electron chi connectivity index (χ4n) is 3.64. The number of ether oxygens (including phenoxy) is 1. The summed E-state index contributed by atoms with van der Waals surface area (Å²) in [6.45, 7) is 2.09. The molecule has 2 atom stereocenters. The van der Waals surface area contributed by atoms with Crippen molar-refractivity contribution in [1.29, 1.82) is 0 Å². The van der Waals surface area contributed by atoms with Gasteiger partial charge in [-0.1, -0.05) is 6.07 Å². The van der Waals surface area contributed by atoms with Crippen molar-refractivity contribution in [2.24, 2.45) is 5.73 Å². The number of fused-ring (bicyclic) bond motifs is 1. The average Bonchev–Trinajstić information content (AvgIpc) is 2.94. The molecule has 5 heteroatoms. The zero-order chi connectivity index (χ0) is 14.9. The molecule has 5 nitrogen and oxygen atoms in total. The molecule has 2 saturated heterocycles. The van der Waals surface area contributed by atoms with Gasteiger partial charge in [0.2, 0.25) is 5.91 Å². The number of benzene rings is 1. The van der Waals surface area contributed by atoms with Crippen LogP contribution in [0.25, 0.3) is 0 Å². The number of hydrogen-bond acceptors (Lipinski definition) is 4. The zero-order valence-electron chi connectivity index (χ0n) is 12.5. The minimum absolute atomic E-state index is 0.253. The Bertz CT molecular complexity index is 534. The van der Waals surface area contributed by atoms with Crippen LogP contribution in [-0.4, -0.2) is 42.6 Å². The predicted molar refractivity (Wildman–Crippen MR) is 82.4 cm³/mol. The van der Waals surface area contributed by atoms with Gasteiger partial charge in [0.1, 0.15) is 11.3 Å². The summed E-state index contributed by atoms with van der Waals surface area (Å²) >= 11 is 0. The highest BCUT2D eigenvalue weighted by atomic mass is 16.5. The van der Waals surface area contributed by atoms with Gasteiger partial charge in [0.15, 0.2) is 0 Å². The van der Waals surface area contributed by atoms with Crippen molar-refractivity contribution in [3.63, 3.8) is 0 Å². The van der Waals surface area contributed by atoms with E-state index in [1.54, 1.807) is 7.11 Å². The van der Waals surface area contributed by atoms with Crippen LogP contribution in [0.15, 0.2) is 24.3 Å². The molecular formula is C16H23N3O2. The Kier molecular flexibility index (Phi) is 3.76. The SMILES string of the molecule is COc1cccc(NC2(C(N)=O)CCN3CCCC3C2)c1. The van der Waals surface area contributed by atoms with Crippen LogP contribution in [0, 0.1) is 0 Å². The summed E-state index contributed by atoms with van der Waals surface area (Å²) in [7, 11) is 1.64. The third-order valence-corrected chi connectivity index (χ3v) is 4.83. The van der Waals surface area contributed by atoms with Gasteiger partial charge in [-0.3, -0.25) is 4.79 Å². The van der Waals surface area contributed by atoms with Crippen molar-refractivity contribution in [3.8, 4) is 5.75 Å². The molecule has 0 saturated carbocycles. The fraction of sp³-hybridized carbons (Fsp3) is 0.562. The van der Waals surface area contributed by atoms with Crippen LogP contribution in [0.2, 0.25) is 0 Å². The average molecular weight is 289 g/mol.